The lowest BCUT2D eigenvalue weighted by molar-refractivity contribution is -0.390. The van der Waals surface area contributed by atoms with Crippen molar-refractivity contribution in [3.8, 4) is 5.75 Å². The lowest BCUT2D eigenvalue weighted by atomic mass is 9.33. The Hall–Kier alpha value is -4.01. The molecule has 30 nitrogen and oxygen atoms in total. The van der Waals surface area contributed by atoms with Gasteiger partial charge in [0.2, 0.25) is 6.29 Å². The molecule has 0 amide bonds. The molecule has 0 radical (unpaired) electrons. The van der Waals surface area contributed by atoms with Crippen LogP contribution in [-0.4, -0.2) is 281 Å². The molecule has 0 spiro atoms. The van der Waals surface area contributed by atoms with E-state index in [0.717, 1.165) is 11.6 Å². The van der Waals surface area contributed by atoms with Gasteiger partial charge in [-0.25, -0.2) is 4.79 Å². The molecule has 99 heavy (non-hydrogen) atoms. The molecular formula is C69H102O30. The van der Waals surface area contributed by atoms with Crippen molar-refractivity contribution >= 4 is 24.0 Å². The Balaban J connectivity index is 0.937. The molecule has 1 aromatic carbocycles. The lowest BCUT2D eigenvalue weighted by Gasteiger charge is -2.71. The smallest absolute Gasteiger partial charge is 0.331 e. The number of carbonyl (C=O) groups excluding carboxylic acids is 2. The molecule has 34 unspecified atom stereocenters. The summed E-state index contributed by atoms with van der Waals surface area (Å²) in [6.45, 7) is 12.4. The van der Waals surface area contributed by atoms with Crippen molar-refractivity contribution in [1.29, 1.82) is 0 Å². The van der Waals surface area contributed by atoms with Crippen molar-refractivity contribution in [1.82, 2.24) is 0 Å². The van der Waals surface area contributed by atoms with E-state index in [0.29, 0.717) is 37.0 Å². The molecule has 9 fully saturated rings. The van der Waals surface area contributed by atoms with Crippen LogP contribution in [0.2, 0.25) is 0 Å². The molecule has 5 heterocycles. The number of aliphatic carboxylic acids is 1. The zero-order valence-corrected chi connectivity index (χ0v) is 57.1. The number of hydrogen-bond donors (Lipinski definition) is 15. The van der Waals surface area contributed by atoms with Gasteiger partial charge in [-0.2, -0.15) is 0 Å². The fourth-order valence-electron chi connectivity index (χ4n) is 19.0. The topological polar surface area (TPSA) is 465 Å². The number of carbonyl (C=O) groups is 3. The third kappa shape index (κ3) is 13.3. The zero-order chi connectivity index (χ0) is 72.1. The Kier molecular flexibility index (Phi) is 22.1. The largest absolute Gasteiger partial charge is 0.497 e. The van der Waals surface area contributed by atoms with Crippen molar-refractivity contribution in [2.75, 3.05) is 26.9 Å². The predicted octanol–water partition coefficient (Wildman–Crippen LogP) is -1.21. The quantitative estimate of drug-likeness (QED) is 0.0377. The zero-order valence-electron chi connectivity index (χ0n) is 57.1. The summed E-state index contributed by atoms with van der Waals surface area (Å²) in [4.78, 5) is 44.4. The van der Waals surface area contributed by atoms with E-state index in [9.17, 15) is 86.2 Å². The van der Waals surface area contributed by atoms with Gasteiger partial charge < -0.3 is 133 Å². The van der Waals surface area contributed by atoms with Crippen LogP contribution in [0.3, 0.4) is 0 Å². The van der Waals surface area contributed by atoms with E-state index in [-0.39, 0.29) is 38.7 Å². The molecule has 4 saturated carbocycles. The number of fused-ring (bicyclic) bond motifs is 7. The van der Waals surface area contributed by atoms with Crippen LogP contribution in [0.25, 0.3) is 6.08 Å². The van der Waals surface area contributed by atoms with Crippen molar-refractivity contribution in [3.05, 3.63) is 47.6 Å². The summed E-state index contributed by atoms with van der Waals surface area (Å²) in [7, 11) is 1.50. The Labute approximate surface area is 573 Å². The van der Waals surface area contributed by atoms with Gasteiger partial charge in [-0.05, 0) is 143 Å². The number of carboxylic acids is 1. The molecule has 0 bridgehead atoms. The highest BCUT2D eigenvalue weighted by molar-refractivity contribution is 5.87. The van der Waals surface area contributed by atoms with Crippen LogP contribution in [0.15, 0.2) is 42.0 Å². The van der Waals surface area contributed by atoms with Gasteiger partial charge in [0.15, 0.2) is 37.4 Å². The summed E-state index contributed by atoms with van der Waals surface area (Å²) in [6, 6.07) is 6.70. The van der Waals surface area contributed by atoms with Crippen LogP contribution < -0.4 is 4.74 Å². The first-order chi connectivity index (χ1) is 46.6. The van der Waals surface area contributed by atoms with Crippen LogP contribution in [-0.2, 0) is 66.5 Å². The standard InChI is InChI=1S/C69H102O30/c1-29-42(75)45(78)49(82)58(90-29)96-54-53(94-41(74)17-12-32-10-13-33(88-9)14-11-32)31(3)92-61(55(54)97-59-51(84)47(80)52(30(2)91-59)95-57-48(81)43(76)37(73)27-89-57)99-63(87)68-21-20-64(4,5)24-35(68)34-15-16-39-65(6)25-36(72)56(98-60-50(83)46(79)44(77)38(26-70)93-60)67(8,62(85)86)40(65)18-19-66(39,7)69(34,28-71)23-22-68/h10-15,17,29-31,35-40,42-61,70-73,75-84H,16,18-28H2,1-9H3,(H,85,86). The van der Waals surface area contributed by atoms with Gasteiger partial charge in [0, 0.05) is 11.5 Å². The number of aliphatic hydroxyl groups excluding tert-OH is 14. The van der Waals surface area contributed by atoms with Gasteiger partial charge in [0.1, 0.15) is 97.3 Å². The maximum Gasteiger partial charge on any atom is 0.331 e. The number of benzene rings is 1. The molecule has 34 atom stereocenters. The molecule has 0 aromatic heterocycles. The first-order valence-corrected chi connectivity index (χ1v) is 34.5. The number of ether oxygens (including phenoxy) is 12. The van der Waals surface area contributed by atoms with Crippen LogP contribution in [0.5, 0.6) is 5.75 Å². The molecule has 15 N–H and O–H groups in total. The first-order valence-electron chi connectivity index (χ1n) is 34.5. The average Bonchev–Trinajstić information content (AvgIpc) is 0.669. The second-order valence-corrected chi connectivity index (χ2v) is 30.9. The van der Waals surface area contributed by atoms with E-state index in [1.165, 1.54) is 40.9 Å². The summed E-state index contributed by atoms with van der Waals surface area (Å²) in [5.74, 6) is -4.26. The van der Waals surface area contributed by atoms with Crippen LogP contribution in [0, 0.1) is 50.2 Å². The number of esters is 2. The van der Waals surface area contributed by atoms with Gasteiger partial charge in [0.05, 0.1) is 62.2 Å². The minimum Gasteiger partial charge on any atom is -0.497 e. The number of hydrogen-bond acceptors (Lipinski definition) is 29. The van der Waals surface area contributed by atoms with Gasteiger partial charge >= 0.3 is 17.9 Å². The molecule has 5 aliphatic heterocycles. The van der Waals surface area contributed by atoms with E-state index in [1.807, 2.05) is 6.92 Å². The summed E-state index contributed by atoms with van der Waals surface area (Å²) in [5, 5.41) is 167. The van der Waals surface area contributed by atoms with Crippen molar-refractivity contribution < 1.29 is 148 Å². The van der Waals surface area contributed by atoms with Crippen LogP contribution in [0.4, 0.5) is 0 Å². The SMILES string of the molecule is COc1ccc(C=CC(=O)OC2C(C)OC(OC(=O)C34CCC(C)(C)CC3C3=CCC5C6(C)CC(O)C(OC7OC(CO)C(O)C(O)C7O)C(C)(C(=O)O)C6CCC5(C)C3(CO)CC4)C(OC3OC(C)C(OC4OCC(O)C(O)C4O)C(O)C3O)C2OC2OC(C)C(O)C(O)C2O)cc1. The van der Waals surface area contributed by atoms with E-state index in [4.69, 9.17) is 56.8 Å². The summed E-state index contributed by atoms with van der Waals surface area (Å²) >= 11 is 0. The summed E-state index contributed by atoms with van der Waals surface area (Å²) in [5.41, 5.74) is -5.14. The number of carboxylic acid groups (broad SMARTS) is 1. The monoisotopic (exact) mass is 1410 g/mol. The molecule has 558 valence electrons. The van der Waals surface area contributed by atoms with E-state index in [2.05, 4.69) is 26.8 Å². The highest BCUT2D eigenvalue weighted by Gasteiger charge is 2.74. The fraction of sp³-hybridized carbons (Fsp3) is 0.812. The highest BCUT2D eigenvalue weighted by Crippen LogP contribution is 2.76. The maximum atomic E-state index is 16.3. The average molecular weight is 1410 g/mol. The number of rotatable bonds is 17. The molecular weight excluding hydrogens is 1310 g/mol. The molecule has 11 rings (SSSR count). The van der Waals surface area contributed by atoms with Gasteiger partial charge in [-0.15, -0.1) is 0 Å². The minimum atomic E-state index is -2.09. The summed E-state index contributed by atoms with van der Waals surface area (Å²) < 4.78 is 73.5. The van der Waals surface area contributed by atoms with Crippen molar-refractivity contribution in [2.24, 2.45) is 50.2 Å². The lowest BCUT2D eigenvalue weighted by Crippen LogP contribution is -2.71. The Morgan fingerprint density at radius 2 is 1.16 bits per heavy atom. The molecule has 5 aliphatic carbocycles. The van der Waals surface area contributed by atoms with Crippen LogP contribution in [0.1, 0.15) is 119 Å². The fourth-order valence-corrected chi connectivity index (χ4v) is 19.0. The van der Waals surface area contributed by atoms with Crippen LogP contribution >= 0.6 is 0 Å². The predicted molar refractivity (Wildman–Crippen MR) is 336 cm³/mol. The maximum absolute atomic E-state index is 16.3. The second-order valence-electron chi connectivity index (χ2n) is 30.9. The molecule has 5 saturated heterocycles. The second kappa shape index (κ2) is 28.8. The van der Waals surface area contributed by atoms with E-state index in [1.54, 1.807) is 24.3 Å². The van der Waals surface area contributed by atoms with E-state index < -0.39 is 241 Å². The van der Waals surface area contributed by atoms with Crippen molar-refractivity contribution in [3.63, 3.8) is 0 Å². The molecule has 10 aliphatic rings. The molecule has 1 aromatic rings. The Morgan fingerprint density at radius 1 is 0.576 bits per heavy atom. The summed E-state index contributed by atoms with van der Waals surface area (Å²) in [6.07, 6.45) is -37.0. The third-order valence-corrected chi connectivity index (χ3v) is 24.8. The number of allylic oxidation sites excluding steroid dienone is 1. The number of methoxy groups -OCH3 is 1. The van der Waals surface area contributed by atoms with Gasteiger partial charge in [0.25, 0.3) is 0 Å². The minimum absolute atomic E-state index is 0.00656. The Morgan fingerprint density at radius 3 is 1.81 bits per heavy atom. The Bertz CT molecular complexity index is 3080. The third-order valence-electron chi connectivity index (χ3n) is 24.8. The first kappa shape index (κ1) is 76.1. The van der Waals surface area contributed by atoms with Gasteiger partial charge in [-0.3, -0.25) is 9.59 Å². The number of aliphatic hydroxyl groups is 14. The normalized spacial score (nSPS) is 49.8. The van der Waals surface area contributed by atoms with Crippen molar-refractivity contribution in [2.45, 2.75) is 273 Å². The van der Waals surface area contributed by atoms with Gasteiger partial charge in [-0.1, -0.05) is 51.5 Å². The van der Waals surface area contributed by atoms with E-state index >= 15 is 4.79 Å². The molecule has 30 heteroatoms. The highest BCUT2D eigenvalue weighted by atomic mass is 16.8.